The van der Waals surface area contributed by atoms with Gasteiger partial charge in [0.1, 0.15) is 0 Å². The molecule has 3 unspecified atom stereocenters. The average molecular weight is 288 g/mol. The van der Waals surface area contributed by atoms with Crippen molar-refractivity contribution >= 4 is 12.0 Å². The van der Waals surface area contributed by atoms with Crippen LogP contribution in [0.1, 0.15) is 20.8 Å². The summed E-state index contributed by atoms with van der Waals surface area (Å²) >= 11 is 0. The summed E-state index contributed by atoms with van der Waals surface area (Å²) in [6.45, 7) is 6.48. The predicted molar refractivity (Wildman–Crippen MR) is 72.4 cm³/mol. The van der Waals surface area contributed by atoms with E-state index in [2.05, 4.69) is 0 Å². The van der Waals surface area contributed by atoms with Gasteiger partial charge >= 0.3 is 12.0 Å². The lowest BCUT2D eigenvalue weighted by Gasteiger charge is -2.40. The van der Waals surface area contributed by atoms with Crippen molar-refractivity contribution < 1.29 is 24.5 Å². The summed E-state index contributed by atoms with van der Waals surface area (Å²) in [5, 5.41) is 18.1. The molecule has 20 heavy (non-hydrogen) atoms. The van der Waals surface area contributed by atoms with Gasteiger partial charge in [0.05, 0.1) is 37.8 Å². The predicted octanol–water partition coefficient (Wildman–Crippen LogP) is 0.231. The fraction of sp³-hybridized carbons (Fsp3) is 0.846. The molecule has 0 radical (unpaired) electrons. The lowest BCUT2D eigenvalue weighted by atomic mass is 10.1. The largest absolute Gasteiger partial charge is 0.481 e. The number of carboxylic acids is 1. The Hall–Kier alpha value is -1.34. The smallest absolute Gasteiger partial charge is 0.320 e. The number of carbonyl (C=O) groups excluding carboxylic acids is 1. The van der Waals surface area contributed by atoms with Crippen LogP contribution >= 0.6 is 0 Å². The Balaban J connectivity index is 2.71. The summed E-state index contributed by atoms with van der Waals surface area (Å²) in [4.78, 5) is 26.6. The summed E-state index contributed by atoms with van der Waals surface area (Å²) in [6, 6.07) is -0.283. The topological polar surface area (TPSA) is 90.3 Å². The maximum atomic E-state index is 12.5. The van der Waals surface area contributed by atoms with E-state index >= 15 is 0 Å². The zero-order valence-corrected chi connectivity index (χ0v) is 12.3. The van der Waals surface area contributed by atoms with E-state index in [0.29, 0.717) is 19.7 Å². The number of hydrogen-bond acceptors (Lipinski definition) is 4. The Morgan fingerprint density at radius 3 is 2.65 bits per heavy atom. The van der Waals surface area contributed by atoms with E-state index in [1.807, 2.05) is 13.8 Å². The van der Waals surface area contributed by atoms with Gasteiger partial charge in [-0.1, -0.05) is 6.92 Å². The first-order chi connectivity index (χ1) is 9.40. The van der Waals surface area contributed by atoms with E-state index in [0.717, 1.165) is 0 Å². The normalized spacial score (nSPS) is 24.3. The molecule has 7 nitrogen and oxygen atoms in total. The molecule has 1 saturated heterocycles. The quantitative estimate of drug-likeness (QED) is 0.756. The van der Waals surface area contributed by atoms with Gasteiger partial charge in [0.15, 0.2) is 0 Å². The van der Waals surface area contributed by atoms with Gasteiger partial charge in [0.25, 0.3) is 0 Å². The molecule has 0 aliphatic carbocycles. The first-order valence-electron chi connectivity index (χ1n) is 6.91. The third kappa shape index (κ3) is 4.08. The Labute approximate surface area is 119 Å². The van der Waals surface area contributed by atoms with Gasteiger partial charge in [-0.3, -0.25) is 4.79 Å². The fourth-order valence-electron chi connectivity index (χ4n) is 2.13. The molecule has 0 saturated carbocycles. The van der Waals surface area contributed by atoms with Crippen LogP contribution in [-0.4, -0.2) is 77.0 Å². The number of urea groups is 1. The van der Waals surface area contributed by atoms with Crippen molar-refractivity contribution in [3.63, 3.8) is 0 Å². The van der Waals surface area contributed by atoms with Gasteiger partial charge in [0, 0.05) is 13.1 Å². The van der Waals surface area contributed by atoms with E-state index in [4.69, 9.17) is 14.9 Å². The fourth-order valence-corrected chi connectivity index (χ4v) is 2.13. The van der Waals surface area contributed by atoms with Crippen molar-refractivity contribution in [2.45, 2.75) is 32.9 Å². The van der Waals surface area contributed by atoms with E-state index in [9.17, 15) is 9.59 Å². The number of amides is 2. The van der Waals surface area contributed by atoms with Gasteiger partial charge in [-0.2, -0.15) is 0 Å². The summed E-state index contributed by atoms with van der Waals surface area (Å²) < 4.78 is 5.40. The van der Waals surface area contributed by atoms with E-state index < -0.39 is 11.9 Å². The van der Waals surface area contributed by atoms with Crippen LogP contribution in [0.4, 0.5) is 4.79 Å². The van der Waals surface area contributed by atoms with Gasteiger partial charge in [-0.25, -0.2) is 4.79 Å². The molecular weight excluding hydrogens is 264 g/mol. The Kier molecular flexibility index (Phi) is 6.22. The van der Waals surface area contributed by atoms with Crippen LogP contribution in [0.15, 0.2) is 0 Å². The molecule has 1 rings (SSSR count). The molecule has 0 aromatic rings. The first-order valence-corrected chi connectivity index (χ1v) is 6.91. The van der Waals surface area contributed by atoms with Crippen LogP contribution in [0, 0.1) is 5.92 Å². The minimum atomic E-state index is -0.917. The minimum absolute atomic E-state index is 0.0838. The molecule has 7 heteroatoms. The van der Waals surface area contributed by atoms with Crippen molar-refractivity contribution in [3.05, 3.63) is 0 Å². The number of morpholine rings is 1. The third-order valence-corrected chi connectivity index (χ3v) is 3.52. The highest BCUT2D eigenvalue weighted by atomic mass is 16.5. The van der Waals surface area contributed by atoms with Crippen molar-refractivity contribution in [1.29, 1.82) is 0 Å². The maximum absolute atomic E-state index is 12.5. The van der Waals surface area contributed by atoms with Crippen LogP contribution in [0.5, 0.6) is 0 Å². The molecule has 3 atom stereocenters. The Bertz CT molecular complexity index is 350. The summed E-state index contributed by atoms with van der Waals surface area (Å²) in [7, 11) is 0. The number of aliphatic hydroxyl groups excluding tert-OH is 1. The van der Waals surface area contributed by atoms with Crippen LogP contribution in [0.2, 0.25) is 0 Å². The number of aliphatic carboxylic acids is 1. The second-order valence-corrected chi connectivity index (χ2v) is 5.20. The number of ether oxygens (including phenoxy) is 1. The highest BCUT2D eigenvalue weighted by molar-refractivity contribution is 5.76. The van der Waals surface area contributed by atoms with Crippen LogP contribution in [0.25, 0.3) is 0 Å². The van der Waals surface area contributed by atoms with Crippen molar-refractivity contribution in [3.8, 4) is 0 Å². The molecule has 0 aromatic heterocycles. The Morgan fingerprint density at radius 2 is 2.15 bits per heavy atom. The van der Waals surface area contributed by atoms with E-state index in [1.165, 1.54) is 4.90 Å². The standard InChI is InChI=1S/C13H24N2O5/c1-4-14(5-9(2)12(17)18)13(19)15-6-11(7-16)20-8-10(15)3/h9-11,16H,4-8H2,1-3H3,(H,17,18). The van der Waals surface area contributed by atoms with Crippen LogP contribution < -0.4 is 0 Å². The highest BCUT2D eigenvalue weighted by Crippen LogP contribution is 2.15. The molecule has 1 aliphatic heterocycles. The molecule has 2 N–H and O–H groups in total. The minimum Gasteiger partial charge on any atom is -0.481 e. The zero-order chi connectivity index (χ0) is 15.3. The van der Waals surface area contributed by atoms with Gasteiger partial charge in [-0.15, -0.1) is 0 Å². The summed E-state index contributed by atoms with van der Waals surface area (Å²) in [6.07, 6.45) is -0.370. The molecular formula is C13H24N2O5. The van der Waals surface area contributed by atoms with Crippen molar-refractivity contribution in [1.82, 2.24) is 9.80 Å². The number of carboxylic acid groups (broad SMARTS) is 1. The van der Waals surface area contributed by atoms with Crippen molar-refractivity contribution in [2.75, 3.05) is 32.8 Å². The van der Waals surface area contributed by atoms with Crippen molar-refractivity contribution in [2.24, 2.45) is 5.92 Å². The average Bonchev–Trinajstić information content (AvgIpc) is 2.44. The molecule has 2 amide bonds. The second-order valence-electron chi connectivity index (χ2n) is 5.20. The number of rotatable bonds is 5. The molecule has 1 fully saturated rings. The van der Waals surface area contributed by atoms with Gasteiger partial charge in [0.2, 0.25) is 0 Å². The molecule has 0 aromatic carbocycles. The number of carbonyl (C=O) groups is 2. The number of hydrogen-bond donors (Lipinski definition) is 2. The highest BCUT2D eigenvalue weighted by Gasteiger charge is 2.32. The first kappa shape index (κ1) is 16.7. The third-order valence-electron chi connectivity index (χ3n) is 3.52. The van der Waals surface area contributed by atoms with E-state index in [-0.39, 0.29) is 31.3 Å². The number of nitrogens with zero attached hydrogens (tertiary/aromatic N) is 2. The molecule has 1 heterocycles. The number of aliphatic hydroxyl groups is 1. The monoisotopic (exact) mass is 288 g/mol. The van der Waals surface area contributed by atoms with Gasteiger partial charge < -0.3 is 24.7 Å². The molecule has 0 spiro atoms. The van der Waals surface area contributed by atoms with Crippen LogP contribution in [0.3, 0.4) is 0 Å². The molecule has 1 aliphatic rings. The molecule has 116 valence electrons. The summed E-state index contributed by atoms with van der Waals surface area (Å²) in [5.74, 6) is -1.52. The van der Waals surface area contributed by atoms with Crippen LogP contribution in [-0.2, 0) is 9.53 Å². The lowest BCUT2D eigenvalue weighted by molar-refractivity contribution is -0.141. The Morgan fingerprint density at radius 1 is 1.50 bits per heavy atom. The summed E-state index contributed by atoms with van der Waals surface area (Å²) in [5.41, 5.74) is 0. The van der Waals surface area contributed by atoms with E-state index in [1.54, 1.807) is 11.8 Å². The van der Waals surface area contributed by atoms with Gasteiger partial charge in [-0.05, 0) is 13.8 Å². The molecule has 0 bridgehead atoms. The SMILES string of the molecule is CCN(CC(C)C(=O)O)C(=O)N1CC(CO)OCC1C. The lowest BCUT2D eigenvalue weighted by Crippen LogP contribution is -2.56. The second kappa shape index (κ2) is 7.44. The maximum Gasteiger partial charge on any atom is 0.320 e. The zero-order valence-electron chi connectivity index (χ0n) is 12.3.